The molecule has 0 bridgehead atoms. The molecule has 0 aromatic heterocycles. The van der Waals surface area contributed by atoms with Gasteiger partial charge >= 0.3 is 0 Å². The van der Waals surface area contributed by atoms with E-state index in [4.69, 9.17) is 0 Å². The molecule has 6 heteroatoms. The van der Waals surface area contributed by atoms with E-state index in [1.54, 1.807) is 41.3 Å². The van der Waals surface area contributed by atoms with E-state index < -0.39 is 12.1 Å². The van der Waals surface area contributed by atoms with Gasteiger partial charge in [0.05, 0.1) is 12.1 Å². The fourth-order valence-corrected chi connectivity index (χ4v) is 5.23. The number of halogens is 1. The molecule has 4 aromatic rings. The van der Waals surface area contributed by atoms with Crippen LogP contribution in [0, 0.1) is 11.7 Å². The van der Waals surface area contributed by atoms with Crippen molar-refractivity contribution in [3.8, 4) is 22.6 Å². The summed E-state index contributed by atoms with van der Waals surface area (Å²) in [7, 11) is 0. The molecule has 5 rings (SSSR count). The van der Waals surface area contributed by atoms with Crippen LogP contribution < -0.4 is 4.90 Å². The molecular weight excluding hydrogens is 469 g/mol. The number of hydrogen-bond donors (Lipinski definition) is 3. The Hall–Kier alpha value is -4.16. The maximum Gasteiger partial charge on any atom is 0.227 e. The standard InChI is InChI=1S/C31H28FNO4/c32-24-13-9-20(10-14-24)28(35)16-12-23-19-30(37)33(25-6-2-1-3-7-25)31(23)27-15-11-22(18-29(27)36)21-5-4-8-26(34)17-21/h1-11,13-15,17-18,23,28,31,34-36H,12,16,19H2/t23-,28?,31+/m1/s1. The number of phenols is 2. The lowest BCUT2D eigenvalue weighted by atomic mass is 9.86. The van der Waals surface area contributed by atoms with E-state index in [0.29, 0.717) is 24.0 Å². The Kier molecular flexibility index (Phi) is 6.93. The summed E-state index contributed by atoms with van der Waals surface area (Å²) in [5.41, 5.74) is 3.51. The summed E-state index contributed by atoms with van der Waals surface area (Å²) in [5.74, 6) is -0.363. The van der Waals surface area contributed by atoms with Crippen molar-refractivity contribution >= 4 is 11.6 Å². The minimum Gasteiger partial charge on any atom is -0.508 e. The molecule has 1 aliphatic rings. The van der Waals surface area contributed by atoms with Crippen molar-refractivity contribution in [3.63, 3.8) is 0 Å². The molecule has 0 aliphatic carbocycles. The average Bonchev–Trinajstić information content (AvgIpc) is 3.23. The second kappa shape index (κ2) is 10.4. The number of phenolic OH excluding ortho intramolecular Hbond substituents is 2. The largest absolute Gasteiger partial charge is 0.508 e. The molecule has 1 saturated heterocycles. The lowest BCUT2D eigenvalue weighted by Gasteiger charge is -2.30. The summed E-state index contributed by atoms with van der Waals surface area (Å²) < 4.78 is 13.3. The molecular formula is C31H28FNO4. The van der Waals surface area contributed by atoms with Gasteiger partial charge in [-0.1, -0.05) is 54.6 Å². The molecule has 1 aliphatic heterocycles. The molecule has 0 radical (unpaired) electrons. The van der Waals surface area contributed by atoms with Crippen LogP contribution in [-0.4, -0.2) is 21.2 Å². The van der Waals surface area contributed by atoms with Gasteiger partial charge in [0.25, 0.3) is 0 Å². The van der Waals surface area contributed by atoms with Gasteiger partial charge in [0.15, 0.2) is 0 Å². The minimum atomic E-state index is -0.788. The van der Waals surface area contributed by atoms with Gasteiger partial charge in [-0.2, -0.15) is 0 Å². The maximum absolute atomic E-state index is 13.3. The first-order chi connectivity index (χ1) is 17.9. The van der Waals surface area contributed by atoms with Crippen LogP contribution in [-0.2, 0) is 4.79 Å². The van der Waals surface area contributed by atoms with Gasteiger partial charge in [-0.05, 0) is 77.9 Å². The van der Waals surface area contributed by atoms with Gasteiger partial charge in [-0.15, -0.1) is 0 Å². The molecule has 1 amide bonds. The second-order valence-electron chi connectivity index (χ2n) is 9.48. The first kappa shape index (κ1) is 24.5. The Morgan fingerprint density at radius 1 is 0.865 bits per heavy atom. The van der Waals surface area contributed by atoms with Crippen LogP contribution in [0.4, 0.5) is 10.1 Å². The summed E-state index contributed by atoms with van der Waals surface area (Å²) in [5, 5.41) is 31.7. The number of para-hydroxylation sites is 1. The summed E-state index contributed by atoms with van der Waals surface area (Å²) in [4.78, 5) is 15.0. The zero-order chi connectivity index (χ0) is 25.9. The number of carbonyl (C=O) groups excluding carboxylic acids is 1. The first-order valence-corrected chi connectivity index (χ1v) is 12.3. The number of nitrogens with zero attached hydrogens (tertiary/aromatic N) is 1. The van der Waals surface area contributed by atoms with E-state index in [1.807, 2.05) is 48.5 Å². The zero-order valence-corrected chi connectivity index (χ0v) is 20.2. The van der Waals surface area contributed by atoms with Crippen LogP contribution in [0.15, 0.2) is 97.1 Å². The molecule has 0 spiro atoms. The summed E-state index contributed by atoms with van der Waals surface area (Å²) in [6, 6.07) is 26.9. The molecule has 3 N–H and O–H groups in total. The molecule has 5 nitrogen and oxygen atoms in total. The van der Waals surface area contributed by atoms with Gasteiger partial charge in [0, 0.05) is 17.7 Å². The highest BCUT2D eigenvalue weighted by atomic mass is 19.1. The van der Waals surface area contributed by atoms with Gasteiger partial charge in [-0.3, -0.25) is 4.79 Å². The predicted octanol–water partition coefficient (Wildman–Crippen LogP) is 6.51. The van der Waals surface area contributed by atoms with E-state index in [0.717, 1.165) is 16.8 Å². The summed E-state index contributed by atoms with van der Waals surface area (Å²) in [6.45, 7) is 0. The fourth-order valence-electron chi connectivity index (χ4n) is 5.23. The van der Waals surface area contributed by atoms with E-state index in [-0.39, 0.29) is 35.6 Å². The van der Waals surface area contributed by atoms with Gasteiger partial charge in [-0.25, -0.2) is 4.39 Å². The highest BCUT2D eigenvalue weighted by Crippen LogP contribution is 2.47. The van der Waals surface area contributed by atoms with E-state index in [2.05, 4.69) is 0 Å². The Balaban J connectivity index is 1.46. The lowest BCUT2D eigenvalue weighted by molar-refractivity contribution is -0.117. The van der Waals surface area contributed by atoms with Gasteiger partial charge in [0.1, 0.15) is 17.3 Å². The Morgan fingerprint density at radius 2 is 1.59 bits per heavy atom. The normalized spacial score (nSPS) is 18.2. The fraction of sp³-hybridized carbons (Fsp3) is 0.194. The van der Waals surface area contributed by atoms with E-state index >= 15 is 0 Å². The second-order valence-corrected chi connectivity index (χ2v) is 9.48. The maximum atomic E-state index is 13.3. The Labute approximate surface area is 215 Å². The van der Waals surface area contributed by atoms with Crippen LogP contribution in [0.2, 0.25) is 0 Å². The van der Waals surface area contributed by atoms with E-state index in [9.17, 15) is 24.5 Å². The molecule has 3 atom stereocenters. The minimum absolute atomic E-state index is 0.0473. The van der Waals surface area contributed by atoms with Crippen molar-refractivity contribution in [2.24, 2.45) is 5.92 Å². The predicted molar refractivity (Wildman–Crippen MR) is 141 cm³/mol. The first-order valence-electron chi connectivity index (χ1n) is 12.3. The van der Waals surface area contributed by atoms with Crippen molar-refractivity contribution in [2.75, 3.05) is 4.90 Å². The van der Waals surface area contributed by atoms with Crippen molar-refractivity contribution in [3.05, 3.63) is 114 Å². The van der Waals surface area contributed by atoms with E-state index in [1.165, 1.54) is 12.1 Å². The monoisotopic (exact) mass is 497 g/mol. The van der Waals surface area contributed by atoms with Crippen molar-refractivity contribution in [1.82, 2.24) is 0 Å². The van der Waals surface area contributed by atoms with Crippen molar-refractivity contribution in [2.45, 2.75) is 31.4 Å². The molecule has 4 aromatic carbocycles. The molecule has 37 heavy (non-hydrogen) atoms. The number of aromatic hydroxyl groups is 2. The van der Waals surface area contributed by atoms with Crippen LogP contribution in [0.3, 0.4) is 0 Å². The number of amides is 1. The van der Waals surface area contributed by atoms with Crippen LogP contribution >= 0.6 is 0 Å². The molecule has 1 fully saturated rings. The zero-order valence-electron chi connectivity index (χ0n) is 20.2. The molecule has 1 heterocycles. The number of hydrogen-bond acceptors (Lipinski definition) is 4. The smallest absolute Gasteiger partial charge is 0.227 e. The quantitative estimate of drug-likeness (QED) is 0.272. The number of benzene rings is 4. The molecule has 0 saturated carbocycles. The molecule has 1 unspecified atom stereocenters. The SMILES string of the molecule is O=C1C[C@@H](CCC(O)c2ccc(F)cc2)[C@@H](c2ccc(-c3cccc(O)c3)cc2O)N1c1ccccc1. The number of anilines is 1. The Bertz CT molecular complexity index is 1390. The summed E-state index contributed by atoms with van der Waals surface area (Å²) >= 11 is 0. The van der Waals surface area contributed by atoms with Gasteiger partial charge in [0.2, 0.25) is 5.91 Å². The highest BCUT2D eigenvalue weighted by molar-refractivity contribution is 5.97. The summed E-state index contributed by atoms with van der Waals surface area (Å²) in [6.07, 6.45) is 0.421. The highest BCUT2D eigenvalue weighted by Gasteiger charge is 2.42. The third-order valence-electron chi connectivity index (χ3n) is 7.06. The van der Waals surface area contributed by atoms with Crippen molar-refractivity contribution < 1.29 is 24.5 Å². The number of aliphatic hydroxyl groups is 1. The van der Waals surface area contributed by atoms with Gasteiger partial charge < -0.3 is 20.2 Å². The lowest BCUT2D eigenvalue weighted by Crippen LogP contribution is -2.29. The van der Waals surface area contributed by atoms with Crippen molar-refractivity contribution in [1.29, 1.82) is 0 Å². The Morgan fingerprint density at radius 3 is 2.30 bits per heavy atom. The number of carbonyl (C=O) groups is 1. The third kappa shape index (κ3) is 5.20. The molecule has 188 valence electrons. The topological polar surface area (TPSA) is 81.0 Å². The number of rotatable bonds is 7. The van der Waals surface area contributed by atoms with Crippen LogP contribution in [0.5, 0.6) is 11.5 Å². The van der Waals surface area contributed by atoms with Crippen LogP contribution in [0.1, 0.15) is 42.5 Å². The average molecular weight is 498 g/mol. The third-order valence-corrected chi connectivity index (χ3v) is 7.06. The van der Waals surface area contributed by atoms with Crippen LogP contribution in [0.25, 0.3) is 11.1 Å². The number of aliphatic hydroxyl groups excluding tert-OH is 1.